The van der Waals surface area contributed by atoms with Gasteiger partial charge in [0.05, 0.1) is 16.3 Å². The number of hydrogen-bond acceptors (Lipinski definition) is 5. The minimum Gasteiger partial charge on any atom is -0.483 e. The summed E-state index contributed by atoms with van der Waals surface area (Å²) in [4.78, 5) is 24.9. The van der Waals surface area contributed by atoms with E-state index in [2.05, 4.69) is 42.4 Å². The highest BCUT2D eigenvalue weighted by atomic mass is 79.9. The normalized spacial score (nSPS) is 10.8. The molecule has 37 heavy (non-hydrogen) atoms. The van der Waals surface area contributed by atoms with E-state index in [-0.39, 0.29) is 17.9 Å². The Labute approximate surface area is 229 Å². The summed E-state index contributed by atoms with van der Waals surface area (Å²) < 4.78 is 25.9. The van der Waals surface area contributed by atoms with Crippen molar-refractivity contribution in [3.05, 3.63) is 117 Å². The van der Waals surface area contributed by atoms with E-state index in [0.717, 1.165) is 17.2 Å². The highest BCUT2D eigenvalue weighted by Gasteiger charge is 2.16. The molecular formula is C28H19Br2FN2O4. The Kier molecular flexibility index (Phi) is 8.81. The zero-order chi connectivity index (χ0) is 26.2. The Hall–Kier alpha value is -3.82. The van der Waals surface area contributed by atoms with Crippen LogP contribution in [0.25, 0.3) is 11.1 Å². The van der Waals surface area contributed by atoms with Crippen molar-refractivity contribution in [1.29, 1.82) is 0 Å². The summed E-state index contributed by atoms with van der Waals surface area (Å²) in [5.41, 5.74) is 4.68. The first kappa shape index (κ1) is 26.2. The van der Waals surface area contributed by atoms with Gasteiger partial charge >= 0.3 is 5.97 Å². The zero-order valence-electron chi connectivity index (χ0n) is 19.2. The number of nitrogens with zero attached hydrogens (tertiary/aromatic N) is 1. The van der Waals surface area contributed by atoms with Crippen molar-refractivity contribution >= 4 is 50.0 Å². The Morgan fingerprint density at radius 3 is 2.46 bits per heavy atom. The van der Waals surface area contributed by atoms with Gasteiger partial charge in [-0.25, -0.2) is 14.6 Å². The molecule has 0 atom stereocenters. The summed E-state index contributed by atoms with van der Waals surface area (Å²) in [6.45, 7) is -0.259. The van der Waals surface area contributed by atoms with E-state index in [1.54, 1.807) is 18.2 Å². The smallest absolute Gasteiger partial charge is 0.343 e. The fourth-order valence-electron chi connectivity index (χ4n) is 3.35. The maximum absolute atomic E-state index is 13.5. The predicted molar refractivity (Wildman–Crippen MR) is 146 cm³/mol. The summed E-state index contributed by atoms with van der Waals surface area (Å²) in [6.07, 6.45) is 1.33. The molecule has 0 aromatic heterocycles. The van der Waals surface area contributed by atoms with Gasteiger partial charge in [-0.15, -0.1) is 0 Å². The molecule has 0 aliphatic rings. The number of ether oxygens (including phenoxy) is 2. The quantitative estimate of drug-likeness (QED) is 0.102. The van der Waals surface area contributed by atoms with Crippen LogP contribution < -0.4 is 14.9 Å². The van der Waals surface area contributed by atoms with Crippen LogP contribution in [0.1, 0.15) is 15.9 Å². The van der Waals surface area contributed by atoms with Crippen LogP contribution in [0.5, 0.6) is 11.5 Å². The highest BCUT2D eigenvalue weighted by molar-refractivity contribution is 9.11. The molecule has 0 fully saturated rings. The summed E-state index contributed by atoms with van der Waals surface area (Å²) >= 11 is 6.74. The second-order valence-corrected chi connectivity index (χ2v) is 9.42. The minimum absolute atomic E-state index is 0.0546. The lowest BCUT2D eigenvalue weighted by Crippen LogP contribution is -2.24. The van der Waals surface area contributed by atoms with Crippen LogP contribution in [0.3, 0.4) is 0 Å². The molecule has 0 heterocycles. The van der Waals surface area contributed by atoms with Crippen molar-refractivity contribution in [3.63, 3.8) is 0 Å². The van der Waals surface area contributed by atoms with Crippen LogP contribution in [0.15, 0.2) is 105 Å². The van der Waals surface area contributed by atoms with E-state index in [1.165, 1.54) is 24.4 Å². The zero-order valence-corrected chi connectivity index (χ0v) is 22.3. The van der Waals surface area contributed by atoms with Crippen molar-refractivity contribution in [1.82, 2.24) is 5.43 Å². The number of benzene rings is 4. The number of hydrazone groups is 1. The maximum atomic E-state index is 13.5. The molecule has 0 aliphatic carbocycles. The molecule has 0 unspecified atom stereocenters. The SMILES string of the molecule is O=C(COc1ccccc1-c1ccccc1)N/N=C/c1cc(Br)cc(Br)c1OC(=O)c1cccc(F)c1. The van der Waals surface area contributed by atoms with Gasteiger partial charge < -0.3 is 9.47 Å². The van der Waals surface area contributed by atoms with Crippen LogP contribution in [-0.4, -0.2) is 24.7 Å². The van der Waals surface area contributed by atoms with Crippen molar-refractivity contribution in [3.8, 4) is 22.6 Å². The van der Waals surface area contributed by atoms with Crippen LogP contribution in [-0.2, 0) is 4.79 Å². The summed E-state index contributed by atoms with van der Waals surface area (Å²) in [5.74, 6) is -1.06. The Balaban J connectivity index is 1.42. The molecule has 4 rings (SSSR count). The van der Waals surface area contributed by atoms with Crippen LogP contribution >= 0.6 is 31.9 Å². The molecule has 4 aromatic carbocycles. The number of hydrogen-bond donors (Lipinski definition) is 1. The van der Waals surface area contributed by atoms with Gasteiger partial charge in [0.1, 0.15) is 11.6 Å². The fraction of sp³-hybridized carbons (Fsp3) is 0.0357. The maximum Gasteiger partial charge on any atom is 0.343 e. The molecule has 0 bridgehead atoms. The van der Waals surface area contributed by atoms with Gasteiger partial charge in [-0.1, -0.05) is 70.5 Å². The first-order chi connectivity index (χ1) is 17.9. The number of rotatable bonds is 8. The van der Waals surface area contributed by atoms with E-state index < -0.39 is 17.7 Å². The van der Waals surface area contributed by atoms with Gasteiger partial charge in [-0.3, -0.25) is 4.79 Å². The van der Waals surface area contributed by atoms with E-state index in [0.29, 0.717) is 20.3 Å². The standard InChI is InChI=1S/C28H19Br2FN2O4/c29-21-13-20(27(24(30)15-21)37-28(35)19-9-6-10-22(31)14-19)16-32-33-26(34)17-36-25-12-5-4-11-23(25)18-7-2-1-3-8-18/h1-16H,17H2,(H,33,34)/b32-16+. The number of carbonyl (C=O) groups is 2. The minimum atomic E-state index is -0.744. The number of nitrogens with one attached hydrogen (secondary N) is 1. The summed E-state index contributed by atoms with van der Waals surface area (Å²) in [7, 11) is 0. The van der Waals surface area contributed by atoms with Gasteiger partial charge in [0, 0.05) is 15.6 Å². The molecular weight excluding hydrogens is 607 g/mol. The van der Waals surface area contributed by atoms with E-state index in [4.69, 9.17) is 9.47 Å². The lowest BCUT2D eigenvalue weighted by molar-refractivity contribution is -0.123. The van der Waals surface area contributed by atoms with E-state index >= 15 is 0 Å². The Morgan fingerprint density at radius 1 is 0.919 bits per heavy atom. The van der Waals surface area contributed by atoms with Crippen LogP contribution in [0.4, 0.5) is 4.39 Å². The van der Waals surface area contributed by atoms with Gasteiger partial charge in [0.15, 0.2) is 12.4 Å². The number of esters is 1. The number of halogens is 3. The largest absolute Gasteiger partial charge is 0.483 e. The van der Waals surface area contributed by atoms with Crippen LogP contribution in [0.2, 0.25) is 0 Å². The van der Waals surface area contributed by atoms with Crippen molar-refractivity contribution in [2.45, 2.75) is 0 Å². The third kappa shape index (κ3) is 7.12. The molecule has 0 aliphatic heterocycles. The molecule has 1 amide bonds. The van der Waals surface area contributed by atoms with Crippen LogP contribution in [0, 0.1) is 5.82 Å². The topological polar surface area (TPSA) is 77.0 Å². The number of carbonyl (C=O) groups excluding carboxylic acids is 2. The second-order valence-electron chi connectivity index (χ2n) is 7.65. The molecule has 0 radical (unpaired) electrons. The van der Waals surface area contributed by atoms with E-state index in [9.17, 15) is 14.0 Å². The molecule has 0 saturated carbocycles. The highest BCUT2D eigenvalue weighted by Crippen LogP contribution is 2.33. The molecule has 0 saturated heterocycles. The summed E-state index contributed by atoms with van der Waals surface area (Å²) in [5, 5.41) is 3.97. The van der Waals surface area contributed by atoms with Gasteiger partial charge in [-0.2, -0.15) is 5.10 Å². The Morgan fingerprint density at radius 2 is 1.68 bits per heavy atom. The fourth-order valence-corrected chi connectivity index (χ4v) is 4.69. The molecule has 6 nitrogen and oxygen atoms in total. The lowest BCUT2D eigenvalue weighted by Gasteiger charge is -2.11. The third-order valence-electron chi connectivity index (χ3n) is 5.02. The second kappa shape index (κ2) is 12.4. The summed E-state index contributed by atoms with van der Waals surface area (Å²) in [6, 6.07) is 25.6. The number of para-hydroxylation sites is 1. The van der Waals surface area contributed by atoms with Crippen molar-refractivity contribution in [2.24, 2.45) is 5.10 Å². The average molecular weight is 626 g/mol. The first-order valence-electron chi connectivity index (χ1n) is 11.0. The average Bonchev–Trinajstić information content (AvgIpc) is 2.90. The van der Waals surface area contributed by atoms with Gasteiger partial charge in [0.25, 0.3) is 5.91 Å². The number of amides is 1. The van der Waals surface area contributed by atoms with Crippen molar-refractivity contribution in [2.75, 3.05) is 6.61 Å². The third-order valence-corrected chi connectivity index (χ3v) is 6.06. The van der Waals surface area contributed by atoms with Gasteiger partial charge in [0.2, 0.25) is 0 Å². The lowest BCUT2D eigenvalue weighted by atomic mass is 10.1. The molecule has 1 N–H and O–H groups in total. The van der Waals surface area contributed by atoms with Gasteiger partial charge in [-0.05, 0) is 57.9 Å². The van der Waals surface area contributed by atoms with Crippen molar-refractivity contribution < 1.29 is 23.5 Å². The van der Waals surface area contributed by atoms with E-state index in [1.807, 2.05) is 48.5 Å². The molecule has 0 spiro atoms. The molecule has 186 valence electrons. The molecule has 4 aromatic rings. The monoisotopic (exact) mass is 624 g/mol. The predicted octanol–water partition coefficient (Wildman–Crippen LogP) is 6.77. The first-order valence-corrected chi connectivity index (χ1v) is 12.6. The molecule has 9 heteroatoms. The Bertz CT molecular complexity index is 1460.